The molecule has 0 bridgehead atoms. The van der Waals surface area contributed by atoms with Crippen molar-refractivity contribution in [3.05, 3.63) is 58.4 Å². The maximum absolute atomic E-state index is 6.26. The fourth-order valence-electron chi connectivity index (χ4n) is 2.37. The van der Waals surface area contributed by atoms with Crippen LogP contribution < -0.4 is 10.5 Å². The molecule has 0 aliphatic carbocycles. The van der Waals surface area contributed by atoms with Crippen LogP contribution in [0, 0.1) is 0 Å². The summed E-state index contributed by atoms with van der Waals surface area (Å²) in [6, 6.07) is 13.8. The van der Waals surface area contributed by atoms with Crippen molar-refractivity contribution in [1.29, 1.82) is 0 Å². The van der Waals surface area contributed by atoms with E-state index < -0.39 is 0 Å². The molecule has 3 rings (SSSR count). The fourth-order valence-corrected chi connectivity index (χ4v) is 3.49. The standard InChI is InChI=1S/C18H17ClN2OS/c1-2-22-17-8-7-12(9-15(17)19)16-11-23-18(21-16)14-6-4-3-5-13(14)10-20/h3-9,11H,2,10,20H2,1H3. The fraction of sp³-hybridized carbons (Fsp3) is 0.167. The third kappa shape index (κ3) is 3.39. The molecule has 0 aliphatic rings. The van der Waals surface area contributed by atoms with E-state index >= 15 is 0 Å². The van der Waals surface area contributed by atoms with Gasteiger partial charge in [-0.2, -0.15) is 0 Å². The van der Waals surface area contributed by atoms with Crippen LogP contribution in [0.2, 0.25) is 5.02 Å². The highest BCUT2D eigenvalue weighted by molar-refractivity contribution is 7.13. The Labute approximate surface area is 144 Å². The molecule has 0 radical (unpaired) electrons. The van der Waals surface area contributed by atoms with Crippen LogP contribution in [0.15, 0.2) is 47.8 Å². The lowest BCUT2D eigenvalue weighted by Crippen LogP contribution is -1.98. The molecule has 0 aliphatic heterocycles. The second-order valence-corrected chi connectivity index (χ2v) is 6.24. The molecule has 1 heterocycles. The Morgan fingerprint density at radius 3 is 2.78 bits per heavy atom. The van der Waals surface area contributed by atoms with Gasteiger partial charge in [-0.15, -0.1) is 11.3 Å². The molecule has 0 saturated carbocycles. The van der Waals surface area contributed by atoms with Crippen LogP contribution >= 0.6 is 22.9 Å². The van der Waals surface area contributed by atoms with Gasteiger partial charge >= 0.3 is 0 Å². The highest BCUT2D eigenvalue weighted by Gasteiger charge is 2.11. The van der Waals surface area contributed by atoms with E-state index in [4.69, 9.17) is 27.1 Å². The Morgan fingerprint density at radius 1 is 1.22 bits per heavy atom. The SMILES string of the molecule is CCOc1ccc(-c2csc(-c3ccccc3CN)n2)cc1Cl. The van der Waals surface area contributed by atoms with Crippen LogP contribution in [0.3, 0.4) is 0 Å². The molecule has 0 unspecified atom stereocenters. The number of halogens is 1. The van der Waals surface area contributed by atoms with Crippen molar-refractivity contribution in [2.45, 2.75) is 13.5 Å². The first-order chi connectivity index (χ1) is 11.2. The predicted octanol–water partition coefficient (Wildman–Crippen LogP) is 4.99. The molecule has 0 fully saturated rings. The number of hydrogen-bond acceptors (Lipinski definition) is 4. The van der Waals surface area contributed by atoms with Gasteiger partial charge in [0, 0.05) is 23.1 Å². The molecule has 0 amide bonds. The Bertz CT molecular complexity index is 816. The van der Waals surface area contributed by atoms with Crippen molar-refractivity contribution in [2.75, 3.05) is 6.61 Å². The van der Waals surface area contributed by atoms with E-state index in [2.05, 4.69) is 6.07 Å². The third-order valence-electron chi connectivity index (χ3n) is 3.50. The minimum Gasteiger partial charge on any atom is -0.492 e. The molecule has 118 valence electrons. The zero-order chi connectivity index (χ0) is 16.2. The maximum Gasteiger partial charge on any atom is 0.137 e. The highest BCUT2D eigenvalue weighted by Crippen LogP contribution is 2.34. The number of rotatable bonds is 5. The van der Waals surface area contributed by atoms with Crippen molar-refractivity contribution in [1.82, 2.24) is 4.98 Å². The summed E-state index contributed by atoms with van der Waals surface area (Å²) in [5.41, 5.74) is 9.88. The second-order valence-electron chi connectivity index (χ2n) is 4.98. The van der Waals surface area contributed by atoms with Gasteiger partial charge in [-0.05, 0) is 30.7 Å². The van der Waals surface area contributed by atoms with Gasteiger partial charge in [0.05, 0.1) is 17.3 Å². The summed E-state index contributed by atoms with van der Waals surface area (Å²) in [5, 5.41) is 3.60. The number of hydrogen-bond donors (Lipinski definition) is 1. The normalized spacial score (nSPS) is 10.7. The first kappa shape index (κ1) is 16.0. The van der Waals surface area contributed by atoms with Gasteiger partial charge in [0.2, 0.25) is 0 Å². The largest absolute Gasteiger partial charge is 0.492 e. The maximum atomic E-state index is 6.26. The van der Waals surface area contributed by atoms with Crippen LogP contribution in [0.5, 0.6) is 5.75 Å². The van der Waals surface area contributed by atoms with Crippen LogP contribution in [-0.4, -0.2) is 11.6 Å². The lowest BCUT2D eigenvalue weighted by molar-refractivity contribution is 0.340. The van der Waals surface area contributed by atoms with Crippen LogP contribution in [0.25, 0.3) is 21.8 Å². The molecule has 0 spiro atoms. The average Bonchev–Trinajstić information content (AvgIpc) is 3.06. The topological polar surface area (TPSA) is 48.1 Å². The van der Waals surface area contributed by atoms with Crippen molar-refractivity contribution in [3.8, 4) is 27.6 Å². The lowest BCUT2D eigenvalue weighted by Gasteiger charge is -2.06. The number of nitrogens with two attached hydrogens (primary N) is 1. The zero-order valence-electron chi connectivity index (χ0n) is 12.8. The van der Waals surface area contributed by atoms with Crippen molar-refractivity contribution in [3.63, 3.8) is 0 Å². The Kier molecular flexibility index (Phi) is 4.96. The minimum atomic E-state index is 0.500. The van der Waals surface area contributed by atoms with E-state index in [1.807, 2.05) is 48.7 Å². The number of benzene rings is 2. The second kappa shape index (κ2) is 7.13. The minimum absolute atomic E-state index is 0.500. The van der Waals surface area contributed by atoms with Gasteiger partial charge in [0.25, 0.3) is 0 Å². The summed E-state index contributed by atoms with van der Waals surface area (Å²) >= 11 is 7.87. The number of aromatic nitrogens is 1. The molecular formula is C18H17ClN2OS. The molecular weight excluding hydrogens is 328 g/mol. The highest BCUT2D eigenvalue weighted by atomic mass is 35.5. The van der Waals surface area contributed by atoms with E-state index in [0.29, 0.717) is 23.9 Å². The van der Waals surface area contributed by atoms with Gasteiger partial charge in [-0.25, -0.2) is 4.98 Å². The van der Waals surface area contributed by atoms with E-state index in [-0.39, 0.29) is 0 Å². The summed E-state index contributed by atoms with van der Waals surface area (Å²) in [5.74, 6) is 0.696. The number of thiazole rings is 1. The van der Waals surface area contributed by atoms with Gasteiger partial charge in [0.15, 0.2) is 0 Å². The van der Waals surface area contributed by atoms with E-state index in [9.17, 15) is 0 Å². The average molecular weight is 345 g/mol. The summed E-state index contributed by atoms with van der Waals surface area (Å²) in [7, 11) is 0. The zero-order valence-corrected chi connectivity index (χ0v) is 14.3. The van der Waals surface area contributed by atoms with E-state index in [0.717, 1.165) is 27.4 Å². The summed E-state index contributed by atoms with van der Waals surface area (Å²) in [6.07, 6.45) is 0. The van der Waals surface area contributed by atoms with Crippen LogP contribution in [0.4, 0.5) is 0 Å². The molecule has 2 N–H and O–H groups in total. The Hall–Kier alpha value is -1.88. The molecule has 2 aromatic carbocycles. The van der Waals surface area contributed by atoms with Crippen molar-refractivity contribution < 1.29 is 4.74 Å². The number of nitrogens with zero attached hydrogens (tertiary/aromatic N) is 1. The lowest BCUT2D eigenvalue weighted by atomic mass is 10.1. The predicted molar refractivity (Wildman–Crippen MR) is 97.1 cm³/mol. The number of ether oxygens (including phenoxy) is 1. The molecule has 0 saturated heterocycles. The van der Waals surface area contributed by atoms with Gasteiger partial charge < -0.3 is 10.5 Å². The molecule has 23 heavy (non-hydrogen) atoms. The van der Waals surface area contributed by atoms with Crippen LogP contribution in [-0.2, 0) is 6.54 Å². The van der Waals surface area contributed by atoms with Gasteiger partial charge in [-0.3, -0.25) is 0 Å². The van der Waals surface area contributed by atoms with E-state index in [1.165, 1.54) is 0 Å². The Morgan fingerprint density at radius 2 is 2.04 bits per heavy atom. The molecule has 3 aromatic rings. The monoisotopic (exact) mass is 344 g/mol. The molecule has 0 atom stereocenters. The first-order valence-electron chi connectivity index (χ1n) is 7.39. The van der Waals surface area contributed by atoms with Crippen molar-refractivity contribution >= 4 is 22.9 Å². The van der Waals surface area contributed by atoms with Gasteiger partial charge in [0.1, 0.15) is 10.8 Å². The van der Waals surface area contributed by atoms with Gasteiger partial charge in [-0.1, -0.05) is 35.9 Å². The third-order valence-corrected chi connectivity index (χ3v) is 4.67. The van der Waals surface area contributed by atoms with Crippen molar-refractivity contribution in [2.24, 2.45) is 5.73 Å². The molecule has 1 aromatic heterocycles. The first-order valence-corrected chi connectivity index (χ1v) is 8.65. The summed E-state index contributed by atoms with van der Waals surface area (Å²) < 4.78 is 5.47. The molecule has 3 nitrogen and oxygen atoms in total. The molecule has 5 heteroatoms. The summed E-state index contributed by atoms with van der Waals surface area (Å²) in [4.78, 5) is 4.74. The quantitative estimate of drug-likeness (QED) is 0.709. The van der Waals surface area contributed by atoms with E-state index in [1.54, 1.807) is 11.3 Å². The summed E-state index contributed by atoms with van der Waals surface area (Å²) in [6.45, 7) is 3.03. The Balaban J connectivity index is 1.94. The smallest absolute Gasteiger partial charge is 0.137 e. The van der Waals surface area contributed by atoms with Crippen LogP contribution in [0.1, 0.15) is 12.5 Å².